The van der Waals surface area contributed by atoms with E-state index in [9.17, 15) is 19.7 Å². The second-order valence-corrected chi connectivity index (χ2v) is 5.73. The minimum Gasteiger partial charge on any atom is -0.452 e. The first-order chi connectivity index (χ1) is 12.3. The Balaban J connectivity index is 1.83. The van der Waals surface area contributed by atoms with Gasteiger partial charge in [0.2, 0.25) is 0 Å². The quantitative estimate of drug-likeness (QED) is 0.359. The SMILES string of the molecule is Cc1cc(Cl)ccc1NC(=O)COC(=O)/C=C/c1ccc([N+](=O)[O-])cc1. The summed E-state index contributed by atoms with van der Waals surface area (Å²) in [4.78, 5) is 33.5. The molecule has 0 saturated heterocycles. The van der Waals surface area contributed by atoms with E-state index in [1.54, 1.807) is 25.1 Å². The summed E-state index contributed by atoms with van der Waals surface area (Å²) in [5.74, 6) is -1.18. The average molecular weight is 375 g/mol. The molecule has 0 aliphatic heterocycles. The number of amides is 1. The van der Waals surface area contributed by atoms with Gasteiger partial charge in [0, 0.05) is 28.9 Å². The highest BCUT2D eigenvalue weighted by molar-refractivity contribution is 6.30. The number of carbonyl (C=O) groups excluding carboxylic acids is 2. The molecule has 0 bridgehead atoms. The maximum atomic E-state index is 11.8. The van der Waals surface area contributed by atoms with Crippen LogP contribution in [0.2, 0.25) is 5.02 Å². The number of ether oxygens (including phenoxy) is 1. The number of anilines is 1. The number of benzene rings is 2. The molecule has 7 nitrogen and oxygen atoms in total. The zero-order valence-corrected chi connectivity index (χ0v) is 14.5. The summed E-state index contributed by atoms with van der Waals surface area (Å²) in [7, 11) is 0. The zero-order chi connectivity index (χ0) is 19.1. The van der Waals surface area contributed by atoms with Crippen LogP contribution in [0.15, 0.2) is 48.5 Å². The zero-order valence-electron chi connectivity index (χ0n) is 13.8. The van der Waals surface area contributed by atoms with Gasteiger partial charge in [0.25, 0.3) is 11.6 Å². The molecule has 0 saturated carbocycles. The highest BCUT2D eigenvalue weighted by Crippen LogP contribution is 2.19. The van der Waals surface area contributed by atoms with Crippen LogP contribution in [0.4, 0.5) is 11.4 Å². The smallest absolute Gasteiger partial charge is 0.331 e. The summed E-state index contributed by atoms with van der Waals surface area (Å²) in [6.45, 7) is 1.35. The van der Waals surface area contributed by atoms with Crippen LogP contribution in [0.1, 0.15) is 11.1 Å². The van der Waals surface area contributed by atoms with E-state index in [0.717, 1.165) is 11.6 Å². The Morgan fingerprint density at radius 2 is 1.92 bits per heavy atom. The molecule has 0 heterocycles. The maximum Gasteiger partial charge on any atom is 0.331 e. The first kappa shape index (κ1) is 19.1. The predicted molar refractivity (Wildman–Crippen MR) is 97.9 cm³/mol. The van der Waals surface area contributed by atoms with Gasteiger partial charge in [-0.1, -0.05) is 11.6 Å². The predicted octanol–water partition coefficient (Wildman–Crippen LogP) is 3.75. The lowest BCUT2D eigenvalue weighted by Crippen LogP contribution is -2.20. The van der Waals surface area contributed by atoms with E-state index in [0.29, 0.717) is 16.3 Å². The maximum absolute atomic E-state index is 11.8. The normalized spacial score (nSPS) is 10.5. The highest BCUT2D eigenvalue weighted by atomic mass is 35.5. The number of nitro benzene ring substituents is 1. The Kier molecular flexibility index (Phi) is 6.46. The molecule has 0 fully saturated rings. The van der Waals surface area contributed by atoms with E-state index in [1.165, 1.54) is 30.3 Å². The van der Waals surface area contributed by atoms with Crippen molar-refractivity contribution in [3.05, 3.63) is 74.8 Å². The van der Waals surface area contributed by atoms with Gasteiger partial charge in [0.15, 0.2) is 6.61 Å². The topological polar surface area (TPSA) is 98.5 Å². The molecule has 0 atom stereocenters. The minimum absolute atomic E-state index is 0.0427. The Bertz CT molecular complexity index is 862. The van der Waals surface area contributed by atoms with Crippen molar-refractivity contribution in [2.75, 3.05) is 11.9 Å². The third kappa shape index (κ3) is 5.71. The standard InChI is InChI=1S/C18H15ClN2O5/c1-12-10-14(19)5-8-16(12)20-17(22)11-26-18(23)9-4-13-2-6-15(7-3-13)21(24)25/h2-10H,11H2,1H3,(H,20,22)/b9-4+. The fourth-order valence-corrected chi connectivity index (χ4v) is 2.24. The van der Waals surface area contributed by atoms with Crippen LogP contribution < -0.4 is 5.32 Å². The van der Waals surface area contributed by atoms with Crippen LogP contribution in [0.5, 0.6) is 0 Å². The second kappa shape index (κ2) is 8.77. The third-order valence-corrected chi connectivity index (χ3v) is 3.56. The van der Waals surface area contributed by atoms with Crippen LogP contribution >= 0.6 is 11.6 Å². The van der Waals surface area contributed by atoms with E-state index in [2.05, 4.69) is 5.32 Å². The van der Waals surface area contributed by atoms with Gasteiger partial charge in [-0.25, -0.2) is 4.79 Å². The molecular formula is C18H15ClN2O5. The molecule has 134 valence electrons. The van der Waals surface area contributed by atoms with Crippen LogP contribution in [-0.2, 0) is 14.3 Å². The Hall–Kier alpha value is -3.19. The van der Waals surface area contributed by atoms with E-state index in [4.69, 9.17) is 16.3 Å². The van der Waals surface area contributed by atoms with Gasteiger partial charge < -0.3 is 10.1 Å². The van der Waals surface area contributed by atoms with Crippen molar-refractivity contribution in [3.8, 4) is 0 Å². The van der Waals surface area contributed by atoms with Gasteiger partial charge in [-0.3, -0.25) is 14.9 Å². The molecular weight excluding hydrogens is 360 g/mol. The molecule has 0 aliphatic rings. The van der Waals surface area contributed by atoms with Gasteiger partial charge in [-0.2, -0.15) is 0 Å². The Morgan fingerprint density at radius 1 is 1.23 bits per heavy atom. The molecule has 8 heteroatoms. The van der Waals surface area contributed by atoms with Crippen molar-refractivity contribution in [2.24, 2.45) is 0 Å². The van der Waals surface area contributed by atoms with Crippen molar-refractivity contribution in [2.45, 2.75) is 6.92 Å². The molecule has 26 heavy (non-hydrogen) atoms. The number of nitro groups is 1. The molecule has 2 aromatic rings. The molecule has 0 aliphatic carbocycles. The van der Waals surface area contributed by atoms with Gasteiger partial charge >= 0.3 is 5.97 Å². The van der Waals surface area contributed by atoms with Crippen molar-refractivity contribution in [3.63, 3.8) is 0 Å². The van der Waals surface area contributed by atoms with E-state index >= 15 is 0 Å². The Labute approximate surface area is 154 Å². The van der Waals surface area contributed by atoms with Crippen LogP contribution in [0.3, 0.4) is 0 Å². The summed E-state index contributed by atoms with van der Waals surface area (Å²) >= 11 is 5.84. The van der Waals surface area contributed by atoms with E-state index < -0.39 is 23.4 Å². The fraction of sp³-hybridized carbons (Fsp3) is 0.111. The van der Waals surface area contributed by atoms with E-state index in [1.807, 2.05) is 0 Å². The molecule has 0 unspecified atom stereocenters. The van der Waals surface area contributed by atoms with Crippen molar-refractivity contribution in [1.29, 1.82) is 0 Å². The lowest BCUT2D eigenvalue weighted by atomic mass is 10.2. The molecule has 0 radical (unpaired) electrons. The van der Waals surface area contributed by atoms with Crippen LogP contribution in [0, 0.1) is 17.0 Å². The number of nitrogens with zero attached hydrogens (tertiary/aromatic N) is 1. The lowest BCUT2D eigenvalue weighted by Gasteiger charge is -2.08. The van der Waals surface area contributed by atoms with Crippen molar-refractivity contribution >= 4 is 40.9 Å². The van der Waals surface area contributed by atoms with Crippen LogP contribution in [-0.4, -0.2) is 23.4 Å². The molecule has 2 aromatic carbocycles. The molecule has 2 rings (SSSR count). The number of rotatable bonds is 6. The number of carbonyl (C=O) groups is 2. The second-order valence-electron chi connectivity index (χ2n) is 5.30. The first-order valence-corrected chi connectivity index (χ1v) is 7.88. The number of hydrogen-bond acceptors (Lipinski definition) is 5. The monoisotopic (exact) mass is 374 g/mol. The Morgan fingerprint density at radius 3 is 2.54 bits per heavy atom. The molecule has 0 aromatic heterocycles. The lowest BCUT2D eigenvalue weighted by molar-refractivity contribution is -0.384. The average Bonchev–Trinajstić information content (AvgIpc) is 2.61. The largest absolute Gasteiger partial charge is 0.452 e. The van der Waals surface area contributed by atoms with Gasteiger partial charge in [-0.05, 0) is 54.5 Å². The number of hydrogen-bond donors (Lipinski definition) is 1. The number of non-ortho nitro benzene ring substituents is 1. The van der Waals surface area contributed by atoms with E-state index in [-0.39, 0.29) is 5.69 Å². The molecule has 1 amide bonds. The minimum atomic E-state index is -0.702. The third-order valence-electron chi connectivity index (χ3n) is 3.32. The highest BCUT2D eigenvalue weighted by Gasteiger charge is 2.08. The number of halogens is 1. The summed E-state index contributed by atoms with van der Waals surface area (Å²) in [6, 6.07) is 10.7. The van der Waals surface area contributed by atoms with Gasteiger partial charge in [0.05, 0.1) is 4.92 Å². The first-order valence-electron chi connectivity index (χ1n) is 7.50. The fourth-order valence-electron chi connectivity index (χ4n) is 2.01. The summed E-state index contributed by atoms with van der Waals surface area (Å²) in [5.41, 5.74) is 1.92. The number of aryl methyl sites for hydroxylation is 1. The molecule has 1 N–H and O–H groups in total. The van der Waals surface area contributed by atoms with Crippen LogP contribution in [0.25, 0.3) is 6.08 Å². The van der Waals surface area contributed by atoms with Gasteiger partial charge in [-0.15, -0.1) is 0 Å². The summed E-state index contributed by atoms with van der Waals surface area (Å²) < 4.78 is 4.85. The van der Waals surface area contributed by atoms with Gasteiger partial charge in [0.1, 0.15) is 0 Å². The molecule has 0 spiro atoms. The van der Waals surface area contributed by atoms with Crippen molar-refractivity contribution < 1.29 is 19.2 Å². The number of esters is 1. The van der Waals surface area contributed by atoms with Crippen molar-refractivity contribution in [1.82, 2.24) is 0 Å². The summed E-state index contributed by atoms with van der Waals surface area (Å²) in [6.07, 6.45) is 2.58. The summed E-state index contributed by atoms with van der Waals surface area (Å²) in [5, 5.41) is 13.7. The number of nitrogens with one attached hydrogen (secondary N) is 1.